The standard InChI is InChI=1S/C9H9BrN4O2S/c10-6-1-2-7(11)8(5-6)17(15,16)14-9-3-4-12-13-9/h1-5H,11H2,(H2,12,13,14). The largest absolute Gasteiger partial charge is 0.398 e. The van der Waals surface area contributed by atoms with Crippen molar-refractivity contribution in [2.24, 2.45) is 0 Å². The first-order valence-electron chi connectivity index (χ1n) is 4.56. The average molecular weight is 317 g/mol. The van der Waals surface area contributed by atoms with E-state index in [-0.39, 0.29) is 16.4 Å². The Labute approximate surface area is 106 Å². The van der Waals surface area contributed by atoms with Crippen LogP contribution in [0.2, 0.25) is 0 Å². The second-order valence-corrected chi connectivity index (χ2v) is 5.82. The third kappa shape index (κ3) is 2.59. The van der Waals surface area contributed by atoms with Crippen molar-refractivity contribution >= 4 is 37.5 Å². The number of halogens is 1. The minimum Gasteiger partial charge on any atom is -0.398 e. The van der Waals surface area contributed by atoms with E-state index in [0.29, 0.717) is 4.47 Å². The van der Waals surface area contributed by atoms with Crippen LogP contribution >= 0.6 is 15.9 Å². The van der Waals surface area contributed by atoms with Crippen LogP contribution < -0.4 is 10.5 Å². The Kier molecular flexibility index (Phi) is 3.07. The monoisotopic (exact) mass is 316 g/mol. The number of nitrogens with two attached hydrogens (primary N) is 1. The smallest absolute Gasteiger partial charge is 0.265 e. The minimum atomic E-state index is -3.71. The van der Waals surface area contributed by atoms with Crippen LogP contribution in [-0.4, -0.2) is 18.6 Å². The molecule has 0 aliphatic carbocycles. The van der Waals surface area contributed by atoms with E-state index in [2.05, 4.69) is 30.8 Å². The second kappa shape index (κ2) is 4.38. The first-order valence-corrected chi connectivity index (χ1v) is 6.84. The summed E-state index contributed by atoms with van der Waals surface area (Å²) >= 11 is 3.20. The third-order valence-corrected chi connectivity index (χ3v) is 3.92. The molecule has 1 aromatic heterocycles. The van der Waals surface area contributed by atoms with Gasteiger partial charge in [-0.25, -0.2) is 8.42 Å². The Balaban J connectivity index is 2.41. The summed E-state index contributed by atoms with van der Waals surface area (Å²) in [5.41, 5.74) is 5.82. The average Bonchev–Trinajstić information content (AvgIpc) is 2.73. The van der Waals surface area contributed by atoms with E-state index in [1.54, 1.807) is 6.07 Å². The van der Waals surface area contributed by atoms with E-state index in [9.17, 15) is 8.42 Å². The molecular formula is C9H9BrN4O2S. The molecule has 2 rings (SSSR count). The molecule has 0 atom stereocenters. The lowest BCUT2D eigenvalue weighted by Crippen LogP contribution is -2.15. The van der Waals surface area contributed by atoms with Crippen LogP contribution in [0.5, 0.6) is 0 Å². The van der Waals surface area contributed by atoms with Crippen molar-refractivity contribution in [3.05, 3.63) is 34.9 Å². The van der Waals surface area contributed by atoms with Gasteiger partial charge in [-0.1, -0.05) is 15.9 Å². The normalized spacial score (nSPS) is 11.4. The minimum absolute atomic E-state index is 0.0153. The van der Waals surface area contributed by atoms with Gasteiger partial charge in [-0.15, -0.1) is 0 Å². The SMILES string of the molecule is Nc1ccc(Br)cc1S(=O)(=O)Nc1ccn[nH]1. The number of sulfonamides is 1. The lowest BCUT2D eigenvalue weighted by atomic mass is 10.3. The van der Waals surface area contributed by atoms with Gasteiger partial charge in [-0.3, -0.25) is 9.82 Å². The highest BCUT2D eigenvalue weighted by atomic mass is 79.9. The van der Waals surface area contributed by atoms with Gasteiger partial charge in [0.05, 0.1) is 11.9 Å². The molecule has 0 bridgehead atoms. The van der Waals surface area contributed by atoms with Gasteiger partial charge in [0.2, 0.25) is 0 Å². The zero-order valence-corrected chi connectivity index (χ0v) is 10.9. The van der Waals surface area contributed by atoms with Crippen molar-refractivity contribution in [3.8, 4) is 0 Å². The molecular weight excluding hydrogens is 308 g/mol. The van der Waals surface area contributed by atoms with E-state index < -0.39 is 10.0 Å². The Morgan fingerprint density at radius 1 is 1.35 bits per heavy atom. The van der Waals surface area contributed by atoms with E-state index in [4.69, 9.17) is 5.73 Å². The van der Waals surface area contributed by atoms with Crippen molar-refractivity contribution in [2.45, 2.75) is 4.90 Å². The number of H-pyrrole nitrogens is 1. The Bertz CT molecular complexity index is 624. The summed E-state index contributed by atoms with van der Waals surface area (Å²) in [6.07, 6.45) is 1.45. The second-order valence-electron chi connectivity index (χ2n) is 3.26. The molecule has 17 heavy (non-hydrogen) atoms. The number of nitrogens with zero attached hydrogens (tertiary/aromatic N) is 1. The van der Waals surface area contributed by atoms with Crippen molar-refractivity contribution < 1.29 is 8.42 Å². The van der Waals surface area contributed by atoms with Gasteiger partial charge in [0.1, 0.15) is 10.7 Å². The first-order chi connectivity index (χ1) is 7.99. The molecule has 90 valence electrons. The number of benzene rings is 1. The number of aromatic amines is 1. The molecule has 1 aromatic carbocycles. The summed E-state index contributed by atoms with van der Waals surface area (Å²) in [6, 6.07) is 6.13. The summed E-state index contributed by atoms with van der Waals surface area (Å²) in [6.45, 7) is 0. The van der Waals surface area contributed by atoms with Crippen molar-refractivity contribution in [1.82, 2.24) is 10.2 Å². The first kappa shape index (κ1) is 11.9. The third-order valence-electron chi connectivity index (χ3n) is 2.01. The van der Waals surface area contributed by atoms with Gasteiger partial charge in [-0.05, 0) is 18.2 Å². The molecule has 8 heteroatoms. The van der Waals surface area contributed by atoms with Crippen LogP contribution in [0.3, 0.4) is 0 Å². The fraction of sp³-hybridized carbons (Fsp3) is 0. The topological polar surface area (TPSA) is 101 Å². The number of nitrogen functional groups attached to an aromatic ring is 1. The summed E-state index contributed by atoms with van der Waals surface area (Å²) in [5.74, 6) is 0.282. The number of aromatic nitrogens is 2. The Hall–Kier alpha value is -1.54. The predicted molar refractivity (Wildman–Crippen MR) is 68.0 cm³/mol. The molecule has 0 unspecified atom stereocenters. The molecule has 1 heterocycles. The van der Waals surface area contributed by atoms with Crippen LogP contribution in [-0.2, 0) is 10.0 Å². The highest BCUT2D eigenvalue weighted by Crippen LogP contribution is 2.24. The zero-order chi connectivity index (χ0) is 12.5. The van der Waals surface area contributed by atoms with Crippen LogP contribution in [0.4, 0.5) is 11.5 Å². The van der Waals surface area contributed by atoms with Crippen LogP contribution in [0.15, 0.2) is 39.8 Å². The Morgan fingerprint density at radius 2 is 2.12 bits per heavy atom. The lowest BCUT2D eigenvalue weighted by Gasteiger charge is -2.08. The number of hydrogen-bond acceptors (Lipinski definition) is 4. The molecule has 2 aromatic rings. The van der Waals surface area contributed by atoms with Crippen LogP contribution in [0.1, 0.15) is 0 Å². The maximum Gasteiger partial charge on any atom is 0.265 e. The van der Waals surface area contributed by atoms with Gasteiger partial charge in [0, 0.05) is 10.5 Å². The van der Waals surface area contributed by atoms with Gasteiger partial charge >= 0.3 is 0 Å². The molecule has 0 saturated heterocycles. The highest BCUT2D eigenvalue weighted by Gasteiger charge is 2.18. The summed E-state index contributed by atoms with van der Waals surface area (Å²) < 4.78 is 27.0. The maximum atomic E-state index is 12.0. The lowest BCUT2D eigenvalue weighted by molar-refractivity contribution is 0.601. The molecule has 0 fully saturated rings. The predicted octanol–water partition coefficient (Wildman–Crippen LogP) is 1.56. The summed E-state index contributed by atoms with van der Waals surface area (Å²) in [7, 11) is -3.71. The molecule has 6 nitrogen and oxygen atoms in total. The quantitative estimate of drug-likeness (QED) is 0.748. The fourth-order valence-corrected chi connectivity index (χ4v) is 2.94. The Morgan fingerprint density at radius 3 is 2.76 bits per heavy atom. The van der Waals surface area contributed by atoms with E-state index in [1.807, 2.05) is 0 Å². The zero-order valence-electron chi connectivity index (χ0n) is 8.51. The van der Waals surface area contributed by atoms with Gasteiger partial charge in [-0.2, -0.15) is 5.10 Å². The van der Waals surface area contributed by atoms with Gasteiger partial charge in [0.15, 0.2) is 0 Å². The van der Waals surface area contributed by atoms with E-state index in [0.717, 1.165) is 0 Å². The number of hydrogen-bond donors (Lipinski definition) is 3. The van der Waals surface area contributed by atoms with Gasteiger partial charge < -0.3 is 5.73 Å². The molecule has 4 N–H and O–H groups in total. The number of anilines is 2. The van der Waals surface area contributed by atoms with E-state index >= 15 is 0 Å². The summed E-state index contributed by atoms with van der Waals surface area (Å²) in [5, 5.41) is 6.15. The van der Waals surface area contributed by atoms with Crippen molar-refractivity contribution in [2.75, 3.05) is 10.5 Å². The summed E-state index contributed by atoms with van der Waals surface area (Å²) in [4.78, 5) is 0.0153. The van der Waals surface area contributed by atoms with Crippen molar-refractivity contribution in [1.29, 1.82) is 0 Å². The molecule has 0 spiro atoms. The fourth-order valence-electron chi connectivity index (χ4n) is 1.25. The highest BCUT2D eigenvalue weighted by molar-refractivity contribution is 9.10. The molecule has 0 radical (unpaired) electrons. The molecule has 0 aliphatic heterocycles. The van der Waals surface area contributed by atoms with Crippen molar-refractivity contribution in [3.63, 3.8) is 0 Å². The maximum absolute atomic E-state index is 12.0. The number of nitrogens with one attached hydrogen (secondary N) is 2. The molecule has 0 saturated carbocycles. The molecule has 0 amide bonds. The van der Waals surface area contributed by atoms with Gasteiger partial charge in [0.25, 0.3) is 10.0 Å². The van der Waals surface area contributed by atoms with Crippen LogP contribution in [0, 0.1) is 0 Å². The molecule has 0 aliphatic rings. The van der Waals surface area contributed by atoms with E-state index in [1.165, 1.54) is 24.4 Å². The van der Waals surface area contributed by atoms with Crippen LogP contribution in [0.25, 0.3) is 0 Å². The number of rotatable bonds is 3.